The maximum atomic E-state index is 12.5. The number of carboxylic acids is 1. The van der Waals surface area contributed by atoms with Gasteiger partial charge in [-0.15, -0.1) is 0 Å². The van der Waals surface area contributed by atoms with E-state index in [1.807, 2.05) is 10.9 Å². The first kappa shape index (κ1) is 16.4. The number of ether oxygens (including phenoxy) is 1. The highest BCUT2D eigenvalue weighted by Crippen LogP contribution is 2.31. The van der Waals surface area contributed by atoms with Gasteiger partial charge in [0.15, 0.2) is 0 Å². The number of carboxylic acid groups (broad SMARTS) is 1. The fourth-order valence-corrected chi connectivity index (χ4v) is 3.10. The van der Waals surface area contributed by atoms with Crippen molar-refractivity contribution in [1.29, 1.82) is 0 Å². The van der Waals surface area contributed by atoms with E-state index < -0.39 is 12.6 Å². The van der Waals surface area contributed by atoms with Gasteiger partial charge >= 0.3 is 12.6 Å². The molecule has 1 aliphatic rings. The first-order chi connectivity index (χ1) is 11.5. The van der Waals surface area contributed by atoms with Gasteiger partial charge in [0.1, 0.15) is 11.3 Å². The Morgan fingerprint density at radius 3 is 2.67 bits per heavy atom. The predicted octanol–water partition coefficient (Wildman–Crippen LogP) is 4.35. The van der Waals surface area contributed by atoms with Gasteiger partial charge in [-0.1, -0.05) is 25.3 Å². The molecule has 1 N–H and O–H groups in total. The number of nitrogens with zero attached hydrogens (tertiary/aromatic N) is 2. The monoisotopic (exact) mass is 336 g/mol. The zero-order valence-electron chi connectivity index (χ0n) is 13.0. The smallest absolute Gasteiger partial charge is 0.387 e. The summed E-state index contributed by atoms with van der Waals surface area (Å²) in [6.07, 6.45) is 9.31. The Morgan fingerprint density at radius 2 is 2.00 bits per heavy atom. The normalized spacial score (nSPS) is 15.6. The van der Waals surface area contributed by atoms with Crippen LogP contribution in [0, 0.1) is 0 Å². The highest BCUT2D eigenvalue weighted by Gasteiger charge is 2.19. The quantitative estimate of drug-likeness (QED) is 0.881. The first-order valence-corrected chi connectivity index (χ1v) is 7.91. The van der Waals surface area contributed by atoms with Gasteiger partial charge in [-0.05, 0) is 30.5 Å². The number of alkyl halides is 2. The van der Waals surface area contributed by atoms with Gasteiger partial charge in [-0.25, -0.2) is 4.79 Å². The van der Waals surface area contributed by atoms with Gasteiger partial charge in [0.25, 0.3) is 0 Å². The topological polar surface area (TPSA) is 64.3 Å². The summed E-state index contributed by atoms with van der Waals surface area (Å²) in [5.41, 5.74) is 1.05. The second-order valence-corrected chi connectivity index (χ2v) is 5.90. The van der Waals surface area contributed by atoms with Crippen molar-refractivity contribution in [3.63, 3.8) is 0 Å². The van der Waals surface area contributed by atoms with Gasteiger partial charge in [0.2, 0.25) is 0 Å². The number of hydrogen-bond acceptors (Lipinski definition) is 3. The number of hydrogen-bond donors (Lipinski definition) is 1. The summed E-state index contributed by atoms with van der Waals surface area (Å²) < 4.78 is 31.3. The first-order valence-electron chi connectivity index (χ1n) is 7.91. The molecule has 1 aromatic heterocycles. The summed E-state index contributed by atoms with van der Waals surface area (Å²) in [6.45, 7) is -3.08. The lowest BCUT2D eigenvalue weighted by Gasteiger charge is -2.21. The van der Waals surface area contributed by atoms with Gasteiger partial charge in [0.05, 0.1) is 12.2 Å². The van der Waals surface area contributed by atoms with Crippen LogP contribution in [0.5, 0.6) is 5.75 Å². The van der Waals surface area contributed by atoms with E-state index in [1.54, 1.807) is 12.3 Å². The van der Waals surface area contributed by atoms with Crippen LogP contribution in [0.1, 0.15) is 48.5 Å². The van der Waals surface area contributed by atoms with Crippen LogP contribution in [0.3, 0.4) is 0 Å². The predicted molar refractivity (Wildman–Crippen MR) is 83.4 cm³/mol. The molecule has 0 saturated heterocycles. The van der Waals surface area contributed by atoms with Gasteiger partial charge < -0.3 is 9.84 Å². The number of halogens is 2. The Morgan fingerprint density at radius 1 is 1.25 bits per heavy atom. The molecule has 128 valence electrons. The van der Waals surface area contributed by atoms with Crippen LogP contribution < -0.4 is 4.74 Å². The largest absolute Gasteiger partial charge is 0.478 e. The Kier molecular flexibility index (Phi) is 4.78. The molecule has 1 aliphatic carbocycles. The Bertz CT molecular complexity index is 724. The third-order valence-electron chi connectivity index (χ3n) is 4.31. The van der Waals surface area contributed by atoms with Crippen LogP contribution in [0.25, 0.3) is 11.1 Å². The molecule has 1 fully saturated rings. The molecule has 0 unspecified atom stereocenters. The molecule has 1 heterocycles. The number of carbonyl (C=O) groups is 1. The summed E-state index contributed by atoms with van der Waals surface area (Å²) in [6, 6.07) is 4.53. The maximum Gasteiger partial charge on any atom is 0.387 e. The molecular weight excluding hydrogens is 318 g/mol. The zero-order valence-corrected chi connectivity index (χ0v) is 13.0. The van der Waals surface area contributed by atoms with Crippen molar-refractivity contribution in [2.24, 2.45) is 0 Å². The Balaban J connectivity index is 1.88. The molecule has 7 heteroatoms. The Hall–Kier alpha value is -2.44. The third-order valence-corrected chi connectivity index (χ3v) is 4.31. The zero-order chi connectivity index (χ0) is 17.1. The average Bonchev–Trinajstić information content (AvgIpc) is 3.05. The van der Waals surface area contributed by atoms with Crippen molar-refractivity contribution in [1.82, 2.24) is 9.78 Å². The molecule has 0 spiro atoms. The van der Waals surface area contributed by atoms with Crippen molar-refractivity contribution in [2.45, 2.75) is 44.8 Å². The standard InChI is InChI=1S/C17H18F2N2O3/c18-17(19)24-15-8-11(6-7-14(15)16(22)23)12-9-20-21(10-12)13-4-2-1-3-5-13/h6-10,13,17H,1-5H2,(H,22,23). The molecule has 0 bridgehead atoms. The molecule has 0 radical (unpaired) electrons. The lowest BCUT2D eigenvalue weighted by Crippen LogP contribution is -2.12. The second kappa shape index (κ2) is 6.98. The molecule has 2 aromatic rings. The van der Waals surface area contributed by atoms with Crippen LogP contribution in [-0.2, 0) is 0 Å². The molecule has 0 atom stereocenters. The molecule has 1 saturated carbocycles. The van der Waals surface area contributed by atoms with Crippen molar-refractivity contribution in [3.05, 3.63) is 36.2 Å². The molecule has 0 amide bonds. The molecule has 5 nitrogen and oxygen atoms in total. The third kappa shape index (κ3) is 3.55. The van der Waals surface area contributed by atoms with Crippen LogP contribution in [0.2, 0.25) is 0 Å². The minimum atomic E-state index is -3.08. The molecule has 0 aliphatic heterocycles. The van der Waals surface area contributed by atoms with E-state index in [1.165, 1.54) is 31.4 Å². The fourth-order valence-electron chi connectivity index (χ4n) is 3.10. The van der Waals surface area contributed by atoms with Crippen LogP contribution in [-0.4, -0.2) is 27.5 Å². The summed E-state index contributed by atoms with van der Waals surface area (Å²) in [5.74, 6) is -1.66. The number of aromatic nitrogens is 2. The second-order valence-electron chi connectivity index (χ2n) is 5.90. The van der Waals surface area contributed by atoms with Gasteiger partial charge in [0, 0.05) is 11.8 Å². The van der Waals surface area contributed by atoms with E-state index in [4.69, 9.17) is 5.11 Å². The lowest BCUT2D eigenvalue weighted by molar-refractivity contribution is -0.0502. The van der Waals surface area contributed by atoms with Crippen LogP contribution >= 0.6 is 0 Å². The molecule has 1 aromatic carbocycles. The summed E-state index contributed by atoms with van der Waals surface area (Å²) in [5, 5.41) is 13.4. The van der Waals surface area contributed by atoms with E-state index in [0.717, 1.165) is 18.4 Å². The van der Waals surface area contributed by atoms with Gasteiger partial charge in [-0.2, -0.15) is 13.9 Å². The van der Waals surface area contributed by atoms with E-state index in [2.05, 4.69) is 9.84 Å². The molecule has 3 rings (SSSR count). The van der Waals surface area contributed by atoms with E-state index in [9.17, 15) is 13.6 Å². The van der Waals surface area contributed by atoms with Crippen LogP contribution in [0.15, 0.2) is 30.6 Å². The minimum absolute atomic E-state index is 0.293. The Labute approximate surface area is 137 Å². The highest BCUT2D eigenvalue weighted by atomic mass is 19.3. The van der Waals surface area contributed by atoms with Crippen molar-refractivity contribution in [3.8, 4) is 16.9 Å². The van der Waals surface area contributed by atoms with Gasteiger partial charge in [-0.3, -0.25) is 4.68 Å². The minimum Gasteiger partial charge on any atom is -0.478 e. The van der Waals surface area contributed by atoms with Crippen LogP contribution in [0.4, 0.5) is 8.78 Å². The SMILES string of the molecule is O=C(O)c1ccc(-c2cnn(C3CCCCC3)c2)cc1OC(F)F. The molecule has 24 heavy (non-hydrogen) atoms. The summed E-state index contributed by atoms with van der Waals surface area (Å²) in [4.78, 5) is 11.1. The van der Waals surface area contributed by atoms with Crippen molar-refractivity contribution >= 4 is 5.97 Å². The van der Waals surface area contributed by atoms with E-state index >= 15 is 0 Å². The molecular formula is C17H18F2N2O3. The lowest BCUT2D eigenvalue weighted by atomic mass is 9.96. The van der Waals surface area contributed by atoms with Crippen molar-refractivity contribution < 1.29 is 23.4 Å². The number of rotatable bonds is 5. The van der Waals surface area contributed by atoms with E-state index in [-0.39, 0.29) is 11.3 Å². The van der Waals surface area contributed by atoms with E-state index in [0.29, 0.717) is 11.6 Å². The van der Waals surface area contributed by atoms with Crippen molar-refractivity contribution in [2.75, 3.05) is 0 Å². The highest BCUT2D eigenvalue weighted by molar-refractivity contribution is 5.92. The summed E-state index contributed by atoms with van der Waals surface area (Å²) >= 11 is 0. The summed E-state index contributed by atoms with van der Waals surface area (Å²) in [7, 11) is 0. The number of benzene rings is 1. The maximum absolute atomic E-state index is 12.5. The average molecular weight is 336 g/mol. The fraction of sp³-hybridized carbons (Fsp3) is 0.412. The number of aromatic carboxylic acids is 1.